The first kappa shape index (κ1) is 35.4. The lowest BCUT2D eigenvalue weighted by Gasteiger charge is -2.28. The molecule has 0 bridgehead atoms. The van der Waals surface area contributed by atoms with Crippen LogP contribution in [-0.4, -0.2) is 96.5 Å². The van der Waals surface area contributed by atoms with Gasteiger partial charge in [-0.25, -0.2) is 0 Å². The zero-order chi connectivity index (χ0) is 28.8. The number of hydrogen-bond donors (Lipinski definition) is 7. The summed E-state index contributed by atoms with van der Waals surface area (Å²) in [6.07, 6.45) is 1.95. The van der Waals surface area contributed by atoms with Gasteiger partial charge in [0.25, 0.3) is 0 Å². The van der Waals surface area contributed by atoms with Crippen molar-refractivity contribution in [2.24, 2.45) is 0 Å². The Morgan fingerprint density at radius 1 is 0.895 bits per heavy atom. The normalized spacial score (nSPS) is 14.0. The minimum Gasteiger partial charge on any atom is -0.394 e. The molecule has 0 aromatic heterocycles. The van der Waals surface area contributed by atoms with Gasteiger partial charge in [0, 0.05) is 33.0 Å². The molecule has 4 amide bonds. The van der Waals surface area contributed by atoms with E-state index in [2.05, 4.69) is 27.8 Å². The molecule has 0 spiro atoms. The van der Waals surface area contributed by atoms with E-state index >= 15 is 0 Å². The van der Waals surface area contributed by atoms with Gasteiger partial charge in [0.2, 0.25) is 29.9 Å². The standard InChI is InChI=1S/C25H46N4O9/c1-4-21(33)26-13-10-7-8-12-22(34)28-16-23(35)27-14-9-5-6-11-15-37-25(24(36)29-19(3)32)38-20(17-30)18(2)31/h4,18,20,24-25,30-31,36H,1,5-17H2,2-3H3,(H,26,33)(H,27,35)(H,28,34)(H,29,32)/t18-,20?,24-,25?/m0/s1. The van der Waals surface area contributed by atoms with Gasteiger partial charge in [-0.3, -0.25) is 19.2 Å². The van der Waals surface area contributed by atoms with E-state index in [0.717, 1.165) is 32.1 Å². The van der Waals surface area contributed by atoms with E-state index < -0.39 is 37.2 Å². The van der Waals surface area contributed by atoms with Crippen LogP contribution in [0.2, 0.25) is 0 Å². The minimum absolute atomic E-state index is 0.0820. The lowest BCUT2D eigenvalue weighted by atomic mass is 10.2. The molecule has 0 aromatic rings. The summed E-state index contributed by atoms with van der Waals surface area (Å²) >= 11 is 0. The third-order valence-corrected chi connectivity index (χ3v) is 5.32. The van der Waals surface area contributed by atoms with E-state index in [1.54, 1.807) is 0 Å². The van der Waals surface area contributed by atoms with Crippen LogP contribution in [0.25, 0.3) is 0 Å². The molecule has 0 aliphatic rings. The van der Waals surface area contributed by atoms with Crippen molar-refractivity contribution >= 4 is 23.6 Å². The van der Waals surface area contributed by atoms with Crippen molar-refractivity contribution in [1.82, 2.24) is 21.3 Å². The zero-order valence-electron chi connectivity index (χ0n) is 22.6. The van der Waals surface area contributed by atoms with Gasteiger partial charge in [0.15, 0.2) is 6.23 Å². The molecule has 0 saturated carbocycles. The fourth-order valence-electron chi connectivity index (χ4n) is 3.17. The summed E-state index contributed by atoms with van der Waals surface area (Å²) in [4.78, 5) is 45.9. The Bertz CT molecular complexity index is 706. The number of nitrogens with one attached hydrogen (secondary N) is 4. The number of aliphatic hydroxyl groups is 3. The molecular formula is C25H46N4O9. The topological polar surface area (TPSA) is 196 Å². The van der Waals surface area contributed by atoms with Crippen LogP contribution in [0.4, 0.5) is 0 Å². The van der Waals surface area contributed by atoms with Gasteiger partial charge in [0.05, 0.1) is 19.3 Å². The summed E-state index contributed by atoms with van der Waals surface area (Å²) in [6, 6.07) is 0. The van der Waals surface area contributed by atoms with Crippen LogP contribution in [0.5, 0.6) is 0 Å². The van der Waals surface area contributed by atoms with Crippen molar-refractivity contribution in [1.29, 1.82) is 0 Å². The monoisotopic (exact) mass is 546 g/mol. The maximum absolute atomic E-state index is 11.9. The largest absolute Gasteiger partial charge is 0.394 e. The molecule has 0 aliphatic carbocycles. The van der Waals surface area contributed by atoms with Crippen LogP contribution < -0.4 is 21.3 Å². The molecule has 13 heteroatoms. The first-order valence-corrected chi connectivity index (χ1v) is 13.1. The summed E-state index contributed by atoms with van der Waals surface area (Å²) < 4.78 is 10.9. The highest BCUT2D eigenvalue weighted by Crippen LogP contribution is 2.10. The third-order valence-electron chi connectivity index (χ3n) is 5.32. The quantitative estimate of drug-likeness (QED) is 0.0487. The van der Waals surface area contributed by atoms with Crippen molar-refractivity contribution in [2.75, 3.05) is 32.8 Å². The van der Waals surface area contributed by atoms with Crippen molar-refractivity contribution in [2.45, 2.75) is 89.9 Å². The molecule has 0 aliphatic heterocycles. The third kappa shape index (κ3) is 19.5. The smallest absolute Gasteiger partial charge is 0.243 e. The molecule has 4 atom stereocenters. The SMILES string of the molecule is C=CC(=O)NCCCCCC(=O)NCC(=O)NCCCCCCOC(OC(CO)[C@H](C)O)[C@H](O)NC(C)=O. The van der Waals surface area contributed by atoms with Gasteiger partial charge in [-0.05, 0) is 38.7 Å². The van der Waals surface area contributed by atoms with E-state index in [9.17, 15) is 34.5 Å². The fourth-order valence-corrected chi connectivity index (χ4v) is 3.17. The molecule has 0 heterocycles. The molecule has 0 fully saturated rings. The molecule has 2 unspecified atom stereocenters. The Morgan fingerprint density at radius 2 is 1.53 bits per heavy atom. The molecule has 220 valence electrons. The van der Waals surface area contributed by atoms with Gasteiger partial charge in [0.1, 0.15) is 6.10 Å². The van der Waals surface area contributed by atoms with Crippen LogP contribution in [0.15, 0.2) is 12.7 Å². The van der Waals surface area contributed by atoms with E-state index in [1.165, 1.54) is 19.9 Å². The molecular weight excluding hydrogens is 500 g/mol. The Hall–Kier alpha value is -2.58. The van der Waals surface area contributed by atoms with Crippen LogP contribution >= 0.6 is 0 Å². The fraction of sp³-hybridized carbons (Fsp3) is 0.760. The number of ether oxygens (including phenoxy) is 2. The van der Waals surface area contributed by atoms with Gasteiger partial charge in [-0.15, -0.1) is 0 Å². The van der Waals surface area contributed by atoms with Gasteiger partial charge in [-0.1, -0.05) is 25.8 Å². The predicted octanol–water partition coefficient (Wildman–Crippen LogP) is -0.803. The molecule has 0 rings (SSSR count). The highest BCUT2D eigenvalue weighted by molar-refractivity contribution is 5.86. The molecule has 0 saturated heterocycles. The second-order valence-electron chi connectivity index (χ2n) is 8.83. The average Bonchev–Trinajstić information content (AvgIpc) is 2.87. The molecule has 38 heavy (non-hydrogen) atoms. The zero-order valence-corrected chi connectivity index (χ0v) is 22.6. The summed E-state index contributed by atoms with van der Waals surface area (Å²) in [6.45, 7) is 6.66. The average molecular weight is 547 g/mol. The van der Waals surface area contributed by atoms with Crippen molar-refractivity contribution in [3.8, 4) is 0 Å². The molecule has 0 aromatic carbocycles. The number of carbonyl (C=O) groups excluding carboxylic acids is 4. The van der Waals surface area contributed by atoms with Crippen LogP contribution in [-0.2, 0) is 28.7 Å². The Morgan fingerprint density at radius 3 is 2.13 bits per heavy atom. The number of carbonyl (C=O) groups is 4. The summed E-state index contributed by atoms with van der Waals surface area (Å²) in [5.41, 5.74) is 0. The Balaban J connectivity index is 3.92. The first-order chi connectivity index (χ1) is 18.1. The summed E-state index contributed by atoms with van der Waals surface area (Å²) in [5.74, 6) is -1.17. The number of rotatable bonds is 23. The second-order valence-corrected chi connectivity index (χ2v) is 8.83. The first-order valence-electron chi connectivity index (χ1n) is 13.1. The maximum atomic E-state index is 11.9. The van der Waals surface area contributed by atoms with Crippen LogP contribution in [0, 0.1) is 0 Å². The molecule has 7 N–H and O–H groups in total. The molecule has 13 nitrogen and oxygen atoms in total. The van der Waals surface area contributed by atoms with Crippen molar-refractivity contribution in [3.05, 3.63) is 12.7 Å². The number of unbranched alkanes of at least 4 members (excludes halogenated alkanes) is 5. The highest BCUT2D eigenvalue weighted by Gasteiger charge is 2.27. The lowest BCUT2D eigenvalue weighted by molar-refractivity contribution is -0.240. The minimum atomic E-state index is -1.47. The van der Waals surface area contributed by atoms with Crippen LogP contribution in [0.3, 0.4) is 0 Å². The van der Waals surface area contributed by atoms with Crippen LogP contribution in [0.1, 0.15) is 65.2 Å². The number of aliphatic hydroxyl groups excluding tert-OH is 3. The second kappa shape index (κ2) is 22.4. The van der Waals surface area contributed by atoms with Crippen molar-refractivity contribution < 1.29 is 44.0 Å². The van der Waals surface area contributed by atoms with E-state index in [4.69, 9.17) is 9.47 Å². The van der Waals surface area contributed by atoms with E-state index in [1.807, 2.05) is 0 Å². The van der Waals surface area contributed by atoms with E-state index in [-0.39, 0.29) is 30.9 Å². The summed E-state index contributed by atoms with van der Waals surface area (Å²) in [7, 11) is 0. The molecule has 0 radical (unpaired) electrons. The highest BCUT2D eigenvalue weighted by atomic mass is 16.7. The Labute approximate surface area is 224 Å². The van der Waals surface area contributed by atoms with Gasteiger partial charge < -0.3 is 46.1 Å². The van der Waals surface area contributed by atoms with Gasteiger partial charge in [-0.2, -0.15) is 0 Å². The Kier molecular flexibility index (Phi) is 20.9. The lowest BCUT2D eigenvalue weighted by Crippen LogP contribution is -2.48. The van der Waals surface area contributed by atoms with Gasteiger partial charge >= 0.3 is 0 Å². The predicted molar refractivity (Wildman–Crippen MR) is 139 cm³/mol. The number of hydrogen-bond acceptors (Lipinski definition) is 9. The van der Waals surface area contributed by atoms with Crippen molar-refractivity contribution in [3.63, 3.8) is 0 Å². The summed E-state index contributed by atoms with van der Waals surface area (Å²) in [5, 5.41) is 39.3. The number of amides is 4. The van der Waals surface area contributed by atoms with E-state index in [0.29, 0.717) is 32.4 Å². The maximum Gasteiger partial charge on any atom is 0.243 e.